The third kappa shape index (κ3) is 6.99. The van der Waals surface area contributed by atoms with Crippen LogP contribution in [0.25, 0.3) is 0 Å². The van der Waals surface area contributed by atoms with Crippen LogP contribution >= 0.6 is 0 Å². The van der Waals surface area contributed by atoms with Crippen molar-refractivity contribution in [3.05, 3.63) is 59.2 Å². The zero-order valence-corrected chi connectivity index (χ0v) is 20.9. The molecule has 3 rings (SSSR count). The summed E-state index contributed by atoms with van der Waals surface area (Å²) in [7, 11) is 1.62. The maximum absolute atomic E-state index is 13.4. The first-order valence-corrected chi connectivity index (χ1v) is 12.3. The molecule has 0 heterocycles. The lowest BCUT2D eigenvalue weighted by atomic mass is 9.95. The Morgan fingerprint density at radius 2 is 1.76 bits per heavy atom. The molecule has 0 saturated heterocycles. The van der Waals surface area contributed by atoms with Crippen LogP contribution in [-0.4, -0.2) is 42.5 Å². The SMILES string of the molecule is CCC(C(=O)NC1CCCCC1)N(Cc1ccc(OC)cc1)C(=O)COc1cc(C)ccc1C. The minimum atomic E-state index is -0.557. The third-order valence-electron chi connectivity index (χ3n) is 6.54. The van der Waals surface area contributed by atoms with Crippen molar-refractivity contribution in [1.82, 2.24) is 10.2 Å². The topological polar surface area (TPSA) is 67.9 Å². The lowest BCUT2D eigenvalue weighted by molar-refractivity contribution is -0.143. The van der Waals surface area contributed by atoms with Gasteiger partial charge in [0.2, 0.25) is 5.91 Å². The van der Waals surface area contributed by atoms with Gasteiger partial charge in [-0.25, -0.2) is 0 Å². The van der Waals surface area contributed by atoms with Crippen LogP contribution in [0.15, 0.2) is 42.5 Å². The van der Waals surface area contributed by atoms with E-state index in [2.05, 4.69) is 5.32 Å². The molecule has 0 aliphatic heterocycles. The standard InChI is InChI=1S/C28H38N2O4/c1-5-25(28(32)29-23-9-7-6-8-10-23)30(18-22-13-15-24(33-4)16-14-22)27(31)19-34-26-17-20(2)11-12-21(26)3/h11-17,23,25H,5-10,18-19H2,1-4H3,(H,29,32). The zero-order chi connectivity index (χ0) is 24.5. The van der Waals surface area contributed by atoms with Crippen LogP contribution in [0.1, 0.15) is 62.1 Å². The van der Waals surface area contributed by atoms with Crippen molar-refractivity contribution in [2.24, 2.45) is 0 Å². The summed E-state index contributed by atoms with van der Waals surface area (Å²) in [5.74, 6) is 1.16. The van der Waals surface area contributed by atoms with Gasteiger partial charge in [-0.3, -0.25) is 9.59 Å². The highest BCUT2D eigenvalue weighted by atomic mass is 16.5. The summed E-state index contributed by atoms with van der Waals surface area (Å²) in [5.41, 5.74) is 2.98. The Kier molecular flexibility index (Phi) is 9.37. The molecule has 6 nitrogen and oxygen atoms in total. The predicted octanol–water partition coefficient (Wildman–Crippen LogP) is 4.95. The number of methoxy groups -OCH3 is 1. The molecule has 1 N–H and O–H groups in total. The molecular formula is C28H38N2O4. The van der Waals surface area contributed by atoms with Gasteiger partial charge in [0.1, 0.15) is 17.5 Å². The summed E-state index contributed by atoms with van der Waals surface area (Å²) < 4.78 is 11.2. The number of ether oxygens (including phenoxy) is 2. The van der Waals surface area contributed by atoms with Crippen LogP contribution < -0.4 is 14.8 Å². The van der Waals surface area contributed by atoms with E-state index >= 15 is 0 Å². The number of nitrogens with one attached hydrogen (secondary N) is 1. The lowest BCUT2D eigenvalue weighted by Gasteiger charge is -2.32. The fourth-order valence-corrected chi connectivity index (χ4v) is 4.48. The van der Waals surface area contributed by atoms with Crippen LogP contribution in [0.3, 0.4) is 0 Å². The van der Waals surface area contributed by atoms with Crippen molar-refractivity contribution in [3.8, 4) is 11.5 Å². The number of rotatable bonds is 10. The van der Waals surface area contributed by atoms with E-state index in [1.54, 1.807) is 12.0 Å². The second-order valence-corrected chi connectivity index (χ2v) is 9.19. The summed E-state index contributed by atoms with van der Waals surface area (Å²) in [6, 6.07) is 13.2. The normalized spacial score (nSPS) is 14.8. The second kappa shape index (κ2) is 12.4. The Morgan fingerprint density at radius 1 is 1.06 bits per heavy atom. The highest BCUT2D eigenvalue weighted by Gasteiger charge is 2.30. The maximum Gasteiger partial charge on any atom is 0.261 e. The number of aryl methyl sites for hydroxylation is 2. The minimum Gasteiger partial charge on any atom is -0.497 e. The molecule has 2 aromatic rings. The Labute approximate surface area is 203 Å². The first kappa shape index (κ1) is 25.6. The number of carbonyl (C=O) groups excluding carboxylic acids is 2. The van der Waals surface area contributed by atoms with Gasteiger partial charge < -0.3 is 19.7 Å². The fraction of sp³-hybridized carbons (Fsp3) is 0.500. The van der Waals surface area contributed by atoms with Gasteiger partial charge in [0.15, 0.2) is 6.61 Å². The molecular weight excluding hydrogens is 428 g/mol. The first-order chi connectivity index (χ1) is 16.4. The molecule has 1 saturated carbocycles. The highest BCUT2D eigenvalue weighted by molar-refractivity contribution is 5.88. The van der Waals surface area contributed by atoms with Crippen LogP contribution in [0.2, 0.25) is 0 Å². The lowest BCUT2D eigenvalue weighted by Crippen LogP contribution is -2.52. The van der Waals surface area contributed by atoms with Crippen LogP contribution in [0.4, 0.5) is 0 Å². The van der Waals surface area contributed by atoms with E-state index in [0.717, 1.165) is 48.1 Å². The molecule has 34 heavy (non-hydrogen) atoms. The number of amides is 2. The smallest absolute Gasteiger partial charge is 0.261 e. The maximum atomic E-state index is 13.4. The first-order valence-electron chi connectivity index (χ1n) is 12.3. The molecule has 6 heteroatoms. The molecule has 1 unspecified atom stereocenters. The average Bonchev–Trinajstić information content (AvgIpc) is 2.85. The number of benzene rings is 2. The molecule has 0 bridgehead atoms. The Hall–Kier alpha value is -3.02. The number of carbonyl (C=O) groups is 2. The largest absolute Gasteiger partial charge is 0.497 e. The molecule has 0 radical (unpaired) electrons. The molecule has 0 spiro atoms. The number of nitrogens with zero attached hydrogens (tertiary/aromatic N) is 1. The van der Waals surface area contributed by atoms with Crippen molar-refractivity contribution >= 4 is 11.8 Å². The minimum absolute atomic E-state index is 0.0806. The van der Waals surface area contributed by atoms with Gasteiger partial charge in [0, 0.05) is 12.6 Å². The van der Waals surface area contributed by atoms with Crippen molar-refractivity contribution < 1.29 is 19.1 Å². The van der Waals surface area contributed by atoms with Gasteiger partial charge in [-0.15, -0.1) is 0 Å². The Morgan fingerprint density at radius 3 is 2.41 bits per heavy atom. The molecule has 1 aliphatic rings. The monoisotopic (exact) mass is 466 g/mol. The summed E-state index contributed by atoms with van der Waals surface area (Å²) in [6.07, 6.45) is 6.04. The molecule has 184 valence electrons. The second-order valence-electron chi connectivity index (χ2n) is 9.19. The van der Waals surface area contributed by atoms with Gasteiger partial charge in [0.05, 0.1) is 7.11 Å². The number of hydrogen-bond acceptors (Lipinski definition) is 4. The van der Waals surface area contributed by atoms with E-state index in [1.807, 2.05) is 63.2 Å². The fourth-order valence-electron chi connectivity index (χ4n) is 4.48. The van der Waals surface area contributed by atoms with Crippen LogP contribution in [-0.2, 0) is 16.1 Å². The van der Waals surface area contributed by atoms with E-state index in [4.69, 9.17) is 9.47 Å². The van der Waals surface area contributed by atoms with E-state index < -0.39 is 6.04 Å². The van der Waals surface area contributed by atoms with E-state index in [0.29, 0.717) is 18.7 Å². The number of hydrogen-bond donors (Lipinski definition) is 1. The van der Waals surface area contributed by atoms with Gasteiger partial charge in [-0.2, -0.15) is 0 Å². The van der Waals surface area contributed by atoms with Crippen LogP contribution in [0.5, 0.6) is 11.5 Å². The summed E-state index contributed by atoms with van der Waals surface area (Å²) in [4.78, 5) is 28.4. The van der Waals surface area contributed by atoms with E-state index in [-0.39, 0.29) is 24.5 Å². The quantitative estimate of drug-likeness (QED) is 0.538. The van der Waals surface area contributed by atoms with Crippen molar-refractivity contribution in [3.63, 3.8) is 0 Å². The molecule has 2 amide bonds. The molecule has 1 atom stereocenters. The van der Waals surface area contributed by atoms with Gasteiger partial charge in [-0.1, -0.05) is 50.5 Å². The van der Waals surface area contributed by atoms with E-state index in [1.165, 1.54) is 6.42 Å². The Bertz CT molecular complexity index is 951. The van der Waals surface area contributed by atoms with Crippen molar-refractivity contribution in [1.29, 1.82) is 0 Å². The third-order valence-corrected chi connectivity index (χ3v) is 6.54. The molecule has 0 aromatic heterocycles. The van der Waals surface area contributed by atoms with Crippen LogP contribution in [0, 0.1) is 13.8 Å². The zero-order valence-electron chi connectivity index (χ0n) is 20.9. The van der Waals surface area contributed by atoms with E-state index in [9.17, 15) is 9.59 Å². The summed E-state index contributed by atoms with van der Waals surface area (Å²) in [6.45, 7) is 6.11. The van der Waals surface area contributed by atoms with Gasteiger partial charge in [0.25, 0.3) is 5.91 Å². The molecule has 1 fully saturated rings. The predicted molar refractivity (Wildman–Crippen MR) is 134 cm³/mol. The molecule has 2 aromatic carbocycles. The van der Waals surface area contributed by atoms with Crippen molar-refractivity contribution in [2.75, 3.05) is 13.7 Å². The van der Waals surface area contributed by atoms with Crippen molar-refractivity contribution in [2.45, 2.75) is 77.9 Å². The Balaban J connectivity index is 1.77. The van der Waals surface area contributed by atoms with Gasteiger partial charge >= 0.3 is 0 Å². The molecule has 1 aliphatic carbocycles. The van der Waals surface area contributed by atoms with Gasteiger partial charge in [-0.05, 0) is 68.0 Å². The average molecular weight is 467 g/mol. The summed E-state index contributed by atoms with van der Waals surface area (Å²) in [5, 5.41) is 3.21. The summed E-state index contributed by atoms with van der Waals surface area (Å²) >= 11 is 0. The highest BCUT2D eigenvalue weighted by Crippen LogP contribution is 2.22.